The van der Waals surface area contributed by atoms with Crippen molar-refractivity contribution in [3.8, 4) is 12.3 Å². The van der Waals surface area contributed by atoms with Gasteiger partial charge in [-0.2, -0.15) is 0 Å². The van der Waals surface area contributed by atoms with Crippen molar-refractivity contribution in [1.29, 1.82) is 0 Å². The molecule has 0 aromatic carbocycles. The second-order valence-corrected chi connectivity index (χ2v) is 3.54. The molecular weight excluding hydrogens is 162 g/mol. The van der Waals surface area contributed by atoms with Gasteiger partial charge in [0.25, 0.3) is 0 Å². The zero-order valence-corrected chi connectivity index (χ0v) is 8.04. The monoisotopic (exact) mass is 179 g/mol. The van der Waals surface area contributed by atoms with Gasteiger partial charge in [-0.3, -0.25) is 4.90 Å². The molecule has 1 atom stereocenters. The predicted molar refractivity (Wildman–Crippen MR) is 53.3 cm³/mol. The van der Waals surface area contributed by atoms with Crippen LogP contribution in [0.5, 0.6) is 0 Å². The van der Waals surface area contributed by atoms with Crippen molar-refractivity contribution in [3.63, 3.8) is 0 Å². The molecule has 1 aliphatic rings. The van der Waals surface area contributed by atoms with Crippen LogP contribution in [0.15, 0.2) is 0 Å². The molecule has 1 saturated heterocycles. The Bertz CT molecular complexity index is 189. The molecule has 2 nitrogen and oxygen atoms in total. The number of terminal acetylenes is 1. The Balaban J connectivity index is 2.35. The molecule has 72 valence electrons. The SMILES string of the molecule is C#CCCC(C=O)N1CCCCC1. The number of hydrogen-bond acceptors (Lipinski definition) is 2. The van der Waals surface area contributed by atoms with Crippen molar-refractivity contribution in [3.05, 3.63) is 0 Å². The summed E-state index contributed by atoms with van der Waals surface area (Å²) < 4.78 is 0. The van der Waals surface area contributed by atoms with Gasteiger partial charge in [0, 0.05) is 6.42 Å². The van der Waals surface area contributed by atoms with Crippen LogP contribution in [0.3, 0.4) is 0 Å². The van der Waals surface area contributed by atoms with Crippen LogP contribution < -0.4 is 0 Å². The predicted octanol–water partition coefficient (Wildman–Crippen LogP) is 1.45. The lowest BCUT2D eigenvalue weighted by molar-refractivity contribution is -0.113. The molecule has 13 heavy (non-hydrogen) atoms. The van der Waals surface area contributed by atoms with Gasteiger partial charge in [-0.1, -0.05) is 6.42 Å². The van der Waals surface area contributed by atoms with Crippen molar-refractivity contribution in [2.24, 2.45) is 0 Å². The van der Waals surface area contributed by atoms with E-state index in [1.165, 1.54) is 19.3 Å². The largest absolute Gasteiger partial charge is 0.302 e. The minimum atomic E-state index is 0.0661. The third-order valence-electron chi connectivity index (χ3n) is 2.60. The minimum Gasteiger partial charge on any atom is -0.302 e. The van der Waals surface area contributed by atoms with E-state index in [0.717, 1.165) is 25.8 Å². The topological polar surface area (TPSA) is 20.3 Å². The lowest BCUT2D eigenvalue weighted by atomic mass is 10.1. The molecule has 0 aromatic rings. The Morgan fingerprint density at radius 1 is 1.38 bits per heavy atom. The number of nitrogens with zero attached hydrogens (tertiary/aromatic N) is 1. The normalized spacial score (nSPS) is 20.5. The highest BCUT2D eigenvalue weighted by Gasteiger charge is 2.18. The second kappa shape index (κ2) is 5.77. The molecule has 0 saturated carbocycles. The maximum Gasteiger partial charge on any atom is 0.137 e. The Hall–Kier alpha value is -0.810. The summed E-state index contributed by atoms with van der Waals surface area (Å²) in [4.78, 5) is 13.1. The summed E-state index contributed by atoms with van der Waals surface area (Å²) in [6.07, 6.45) is 11.5. The fraction of sp³-hybridized carbons (Fsp3) is 0.727. The lowest BCUT2D eigenvalue weighted by Crippen LogP contribution is -2.40. The third kappa shape index (κ3) is 3.20. The van der Waals surface area contributed by atoms with E-state index in [1.807, 2.05) is 0 Å². The summed E-state index contributed by atoms with van der Waals surface area (Å²) in [5.41, 5.74) is 0. The van der Waals surface area contributed by atoms with Crippen LogP contribution in [0.1, 0.15) is 32.1 Å². The zero-order valence-electron chi connectivity index (χ0n) is 8.04. The molecule has 0 bridgehead atoms. The first-order valence-electron chi connectivity index (χ1n) is 5.01. The summed E-state index contributed by atoms with van der Waals surface area (Å²) in [5, 5.41) is 0. The Kier molecular flexibility index (Phi) is 4.56. The second-order valence-electron chi connectivity index (χ2n) is 3.54. The Labute approximate surface area is 80.3 Å². The fourth-order valence-electron chi connectivity index (χ4n) is 1.82. The number of hydrogen-bond donors (Lipinski definition) is 0. The maximum absolute atomic E-state index is 10.8. The number of likely N-dealkylation sites (tertiary alicyclic amines) is 1. The zero-order chi connectivity index (χ0) is 9.52. The molecule has 0 aromatic heterocycles. The van der Waals surface area contributed by atoms with Gasteiger partial charge in [0.1, 0.15) is 6.29 Å². The van der Waals surface area contributed by atoms with Crippen LogP contribution in [0, 0.1) is 12.3 Å². The summed E-state index contributed by atoms with van der Waals surface area (Å²) in [5.74, 6) is 2.59. The molecule has 1 fully saturated rings. The van der Waals surface area contributed by atoms with Gasteiger partial charge in [0.05, 0.1) is 6.04 Å². The number of carbonyl (C=O) groups excluding carboxylic acids is 1. The van der Waals surface area contributed by atoms with Gasteiger partial charge < -0.3 is 4.79 Å². The van der Waals surface area contributed by atoms with E-state index in [2.05, 4.69) is 10.8 Å². The van der Waals surface area contributed by atoms with E-state index in [9.17, 15) is 4.79 Å². The molecule has 0 aliphatic carbocycles. The first-order valence-corrected chi connectivity index (χ1v) is 5.01. The number of piperidine rings is 1. The van der Waals surface area contributed by atoms with Gasteiger partial charge in [-0.05, 0) is 32.4 Å². The average molecular weight is 179 g/mol. The quantitative estimate of drug-likeness (QED) is 0.481. The van der Waals surface area contributed by atoms with Crippen LogP contribution in [0.4, 0.5) is 0 Å². The van der Waals surface area contributed by atoms with Crippen molar-refractivity contribution in [2.45, 2.75) is 38.1 Å². The van der Waals surface area contributed by atoms with Crippen molar-refractivity contribution >= 4 is 6.29 Å². The highest BCUT2D eigenvalue weighted by atomic mass is 16.1. The highest BCUT2D eigenvalue weighted by molar-refractivity contribution is 5.57. The van der Waals surface area contributed by atoms with Crippen LogP contribution in [0.25, 0.3) is 0 Å². The molecular formula is C11H17NO. The van der Waals surface area contributed by atoms with Gasteiger partial charge >= 0.3 is 0 Å². The number of rotatable bonds is 4. The first kappa shape index (κ1) is 10.3. The maximum atomic E-state index is 10.8. The minimum absolute atomic E-state index is 0.0661. The van der Waals surface area contributed by atoms with E-state index in [1.54, 1.807) is 0 Å². The van der Waals surface area contributed by atoms with E-state index < -0.39 is 0 Å². The summed E-state index contributed by atoms with van der Waals surface area (Å²) in [6.45, 7) is 2.13. The standard InChI is InChI=1S/C11H17NO/c1-2-3-7-11(10-13)12-8-5-4-6-9-12/h1,10-11H,3-9H2. The van der Waals surface area contributed by atoms with Gasteiger partial charge in [0.2, 0.25) is 0 Å². The molecule has 0 radical (unpaired) electrons. The van der Waals surface area contributed by atoms with Crippen LogP contribution >= 0.6 is 0 Å². The molecule has 2 heteroatoms. The van der Waals surface area contributed by atoms with Crippen molar-refractivity contribution in [1.82, 2.24) is 4.90 Å². The van der Waals surface area contributed by atoms with Gasteiger partial charge in [-0.15, -0.1) is 12.3 Å². The number of aldehydes is 1. The molecule has 0 amide bonds. The average Bonchev–Trinajstić information content (AvgIpc) is 2.21. The molecule has 1 aliphatic heterocycles. The van der Waals surface area contributed by atoms with Crippen molar-refractivity contribution in [2.75, 3.05) is 13.1 Å². The Morgan fingerprint density at radius 3 is 2.62 bits per heavy atom. The highest BCUT2D eigenvalue weighted by Crippen LogP contribution is 2.13. The van der Waals surface area contributed by atoms with Crippen molar-refractivity contribution < 1.29 is 4.79 Å². The lowest BCUT2D eigenvalue weighted by Gasteiger charge is -2.30. The van der Waals surface area contributed by atoms with Crippen LogP contribution in [-0.2, 0) is 4.79 Å². The number of carbonyl (C=O) groups is 1. The van der Waals surface area contributed by atoms with E-state index in [-0.39, 0.29) is 6.04 Å². The fourth-order valence-corrected chi connectivity index (χ4v) is 1.82. The molecule has 0 N–H and O–H groups in total. The summed E-state index contributed by atoms with van der Waals surface area (Å²) >= 11 is 0. The van der Waals surface area contributed by atoms with E-state index >= 15 is 0 Å². The smallest absolute Gasteiger partial charge is 0.137 e. The van der Waals surface area contributed by atoms with E-state index in [4.69, 9.17) is 6.42 Å². The molecule has 1 heterocycles. The summed E-state index contributed by atoms with van der Waals surface area (Å²) in [6, 6.07) is 0.0661. The van der Waals surface area contributed by atoms with E-state index in [0.29, 0.717) is 6.42 Å². The van der Waals surface area contributed by atoms with Crippen LogP contribution in [-0.4, -0.2) is 30.3 Å². The molecule has 0 spiro atoms. The van der Waals surface area contributed by atoms with Gasteiger partial charge in [-0.25, -0.2) is 0 Å². The Morgan fingerprint density at radius 2 is 2.08 bits per heavy atom. The molecule has 1 rings (SSSR count). The summed E-state index contributed by atoms with van der Waals surface area (Å²) in [7, 11) is 0. The van der Waals surface area contributed by atoms with Gasteiger partial charge in [0.15, 0.2) is 0 Å². The first-order chi connectivity index (χ1) is 6.38. The third-order valence-corrected chi connectivity index (χ3v) is 2.60. The van der Waals surface area contributed by atoms with Crippen LogP contribution in [0.2, 0.25) is 0 Å². The molecule has 1 unspecified atom stereocenters.